The Labute approximate surface area is 142 Å². The second-order valence-corrected chi connectivity index (χ2v) is 5.78. The average Bonchev–Trinajstić information content (AvgIpc) is 3.14. The Kier molecular flexibility index (Phi) is 5.06. The standard InChI is InChI=1S/C20H21N3O/c1-2-16-7-9-19(10-8-16)20(24)22-13-17-3-5-18(6-4-17)14-23-12-11-21-15-23/h3-12,15H,2,13-14H2,1H3,(H,22,24). The van der Waals surface area contributed by atoms with E-state index in [0.717, 1.165) is 18.5 Å². The van der Waals surface area contributed by atoms with Gasteiger partial charge in [-0.2, -0.15) is 0 Å². The highest BCUT2D eigenvalue weighted by Gasteiger charge is 2.05. The number of amides is 1. The number of hydrogen-bond acceptors (Lipinski definition) is 2. The molecule has 0 radical (unpaired) electrons. The highest BCUT2D eigenvalue weighted by Crippen LogP contribution is 2.08. The second-order valence-electron chi connectivity index (χ2n) is 5.78. The third-order valence-corrected chi connectivity index (χ3v) is 4.02. The fraction of sp³-hybridized carbons (Fsp3) is 0.200. The minimum Gasteiger partial charge on any atom is -0.348 e. The molecular formula is C20H21N3O. The number of rotatable bonds is 6. The molecule has 0 aliphatic rings. The van der Waals surface area contributed by atoms with E-state index in [1.54, 1.807) is 12.5 Å². The van der Waals surface area contributed by atoms with Crippen LogP contribution in [0.1, 0.15) is 34.0 Å². The molecule has 0 bridgehead atoms. The van der Waals surface area contributed by atoms with Gasteiger partial charge in [0, 0.05) is 31.0 Å². The van der Waals surface area contributed by atoms with E-state index in [1.807, 2.05) is 47.2 Å². The van der Waals surface area contributed by atoms with Crippen LogP contribution in [0.25, 0.3) is 0 Å². The van der Waals surface area contributed by atoms with Crippen LogP contribution in [-0.4, -0.2) is 15.5 Å². The highest BCUT2D eigenvalue weighted by molar-refractivity contribution is 5.94. The first-order valence-corrected chi connectivity index (χ1v) is 8.15. The van der Waals surface area contributed by atoms with E-state index in [9.17, 15) is 4.79 Å². The van der Waals surface area contributed by atoms with E-state index < -0.39 is 0 Å². The highest BCUT2D eigenvalue weighted by atomic mass is 16.1. The van der Waals surface area contributed by atoms with Gasteiger partial charge in [0.2, 0.25) is 0 Å². The average molecular weight is 319 g/mol. The summed E-state index contributed by atoms with van der Waals surface area (Å²) in [5.41, 5.74) is 4.23. The Hall–Kier alpha value is -2.88. The molecule has 4 nitrogen and oxygen atoms in total. The van der Waals surface area contributed by atoms with Crippen molar-refractivity contribution in [3.8, 4) is 0 Å². The van der Waals surface area contributed by atoms with Crippen molar-refractivity contribution in [3.63, 3.8) is 0 Å². The summed E-state index contributed by atoms with van der Waals surface area (Å²) >= 11 is 0. The first-order valence-electron chi connectivity index (χ1n) is 8.15. The number of carbonyl (C=O) groups is 1. The number of carbonyl (C=O) groups excluding carboxylic acids is 1. The molecule has 122 valence electrons. The van der Waals surface area contributed by atoms with E-state index in [1.165, 1.54) is 11.1 Å². The van der Waals surface area contributed by atoms with Crippen LogP contribution in [0.5, 0.6) is 0 Å². The Morgan fingerprint density at radius 1 is 1.00 bits per heavy atom. The maximum Gasteiger partial charge on any atom is 0.251 e. The van der Waals surface area contributed by atoms with Gasteiger partial charge in [0.05, 0.1) is 6.33 Å². The second kappa shape index (κ2) is 7.59. The van der Waals surface area contributed by atoms with Gasteiger partial charge in [0.25, 0.3) is 5.91 Å². The lowest BCUT2D eigenvalue weighted by Gasteiger charge is -2.08. The largest absolute Gasteiger partial charge is 0.348 e. The molecule has 1 N–H and O–H groups in total. The fourth-order valence-electron chi connectivity index (χ4n) is 2.53. The molecule has 3 rings (SSSR count). The summed E-state index contributed by atoms with van der Waals surface area (Å²) in [6.07, 6.45) is 6.50. The first-order chi connectivity index (χ1) is 11.7. The molecule has 0 unspecified atom stereocenters. The van der Waals surface area contributed by atoms with Crippen LogP contribution in [0.2, 0.25) is 0 Å². The van der Waals surface area contributed by atoms with Crippen LogP contribution in [0.3, 0.4) is 0 Å². The molecular weight excluding hydrogens is 298 g/mol. The molecule has 0 atom stereocenters. The predicted octanol–water partition coefficient (Wildman–Crippen LogP) is 3.42. The first kappa shape index (κ1) is 16.0. The van der Waals surface area contributed by atoms with Gasteiger partial charge < -0.3 is 9.88 Å². The van der Waals surface area contributed by atoms with Gasteiger partial charge in [-0.1, -0.05) is 43.3 Å². The third-order valence-electron chi connectivity index (χ3n) is 4.02. The Balaban J connectivity index is 1.54. The fourth-order valence-corrected chi connectivity index (χ4v) is 2.53. The lowest BCUT2D eigenvalue weighted by atomic mass is 10.1. The zero-order valence-corrected chi connectivity index (χ0v) is 13.8. The van der Waals surface area contributed by atoms with Gasteiger partial charge in [-0.3, -0.25) is 4.79 Å². The monoisotopic (exact) mass is 319 g/mol. The van der Waals surface area contributed by atoms with Crippen molar-refractivity contribution < 1.29 is 4.79 Å². The van der Waals surface area contributed by atoms with E-state index in [4.69, 9.17) is 0 Å². The van der Waals surface area contributed by atoms with Crippen molar-refractivity contribution in [1.82, 2.24) is 14.9 Å². The Morgan fingerprint density at radius 3 is 2.29 bits per heavy atom. The summed E-state index contributed by atoms with van der Waals surface area (Å²) in [6.45, 7) is 3.43. The smallest absolute Gasteiger partial charge is 0.251 e. The quantitative estimate of drug-likeness (QED) is 0.757. The van der Waals surface area contributed by atoms with Crippen LogP contribution >= 0.6 is 0 Å². The topological polar surface area (TPSA) is 46.9 Å². The molecule has 0 fully saturated rings. The summed E-state index contributed by atoms with van der Waals surface area (Å²) in [6, 6.07) is 16.0. The number of hydrogen-bond donors (Lipinski definition) is 1. The van der Waals surface area contributed by atoms with Gasteiger partial charge in [0.15, 0.2) is 0 Å². The molecule has 4 heteroatoms. The molecule has 2 aromatic carbocycles. The van der Waals surface area contributed by atoms with E-state index in [2.05, 4.69) is 29.4 Å². The van der Waals surface area contributed by atoms with Crippen molar-refractivity contribution >= 4 is 5.91 Å². The van der Waals surface area contributed by atoms with E-state index in [-0.39, 0.29) is 5.91 Å². The van der Waals surface area contributed by atoms with Crippen molar-refractivity contribution in [3.05, 3.63) is 89.5 Å². The SMILES string of the molecule is CCc1ccc(C(=O)NCc2ccc(Cn3ccnc3)cc2)cc1. The zero-order valence-electron chi connectivity index (χ0n) is 13.8. The van der Waals surface area contributed by atoms with Gasteiger partial charge in [-0.25, -0.2) is 4.98 Å². The number of nitrogens with zero attached hydrogens (tertiary/aromatic N) is 2. The number of aromatic nitrogens is 2. The van der Waals surface area contributed by atoms with Crippen molar-refractivity contribution in [2.24, 2.45) is 0 Å². The van der Waals surface area contributed by atoms with E-state index in [0.29, 0.717) is 12.1 Å². The molecule has 0 saturated carbocycles. The number of imidazole rings is 1. The lowest BCUT2D eigenvalue weighted by molar-refractivity contribution is 0.0951. The van der Waals surface area contributed by atoms with Crippen molar-refractivity contribution in [2.45, 2.75) is 26.4 Å². The molecule has 1 heterocycles. The summed E-state index contributed by atoms with van der Waals surface area (Å²) in [5.74, 6) is -0.0415. The van der Waals surface area contributed by atoms with Gasteiger partial charge in [0.1, 0.15) is 0 Å². The molecule has 1 amide bonds. The van der Waals surface area contributed by atoms with Crippen LogP contribution < -0.4 is 5.32 Å². The van der Waals surface area contributed by atoms with Crippen LogP contribution in [-0.2, 0) is 19.5 Å². The third kappa shape index (κ3) is 4.10. The van der Waals surface area contributed by atoms with Crippen LogP contribution in [0.4, 0.5) is 0 Å². The number of benzene rings is 2. The summed E-state index contributed by atoms with van der Waals surface area (Å²) in [5, 5.41) is 2.96. The minimum absolute atomic E-state index is 0.0415. The van der Waals surface area contributed by atoms with Gasteiger partial charge in [-0.15, -0.1) is 0 Å². The molecule has 0 aliphatic carbocycles. The maximum absolute atomic E-state index is 12.2. The molecule has 0 spiro atoms. The van der Waals surface area contributed by atoms with Gasteiger partial charge in [-0.05, 0) is 35.2 Å². The number of nitrogens with one attached hydrogen (secondary N) is 1. The Bertz CT molecular complexity index is 775. The Morgan fingerprint density at radius 2 is 1.67 bits per heavy atom. The molecule has 0 saturated heterocycles. The summed E-state index contributed by atoms with van der Waals surface area (Å²) in [7, 11) is 0. The summed E-state index contributed by atoms with van der Waals surface area (Å²) < 4.78 is 2.02. The number of aryl methyl sites for hydroxylation is 1. The van der Waals surface area contributed by atoms with Crippen LogP contribution in [0, 0.1) is 0 Å². The normalized spacial score (nSPS) is 10.5. The van der Waals surface area contributed by atoms with Crippen LogP contribution in [0.15, 0.2) is 67.3 Å². The lowest BCUT2D eigenvalue weighted by Crippen LogP contribution is -2.22. The molecule has 1 aromatic heterocycles. The maximum atomic E-state index is 12.2. The predicted molar refractivity (Wildman–Crippen MR) is 94.8 cm³/mol. The molecule has 3 aromatic rings. The summed E-state index contributed by atoms with van der Waals surface area (Å²) in [4.78, 5) is 16.2. The minimum atomic E-state index is -0.0415. The van der Waals surface area contributed by atoms with Crippen molar-refractivity contribution in [1.29, 1.82) is 0 Å². The van der Waals surface area contributed by atoms with E-state index >= 15 is 0 Å². The molecule has 24 heavy (non-hydrogen) atoms. The zero-order chi connectivity index (χ0) is 16.8. The molecule has 0 aliphatic heterocycles. The van der Waals surface area contributed by atoms with Crippen molar-refractivity contribution in [2.75, 3.05) is 0 Å². The van der Waals surface area contributed by atoms with Gasteiger partial charge >= 0.3 is 0 Å².